The van der Waals surface area contributed by atoms with Crippen LogP contribution in [0.5, 0.6) is 0 Å². The van der Waals surface area contributed by atoms with Crippen LogP contribution in [0.15, 0.2) is 78.3 Å². The molecule has 4 heteroatoms. The Hall–Kier alpha value is -2.98. The average molecular weight is 349 g/mol. The molecule has 0 bridgehead atoms. The first-order chi connectivity index (χ1) is 12.7. The van der Waals surface area contributed by atoms with Crippen molar-refractivity contribution < 1.29 is 14.3 Å². The first-order valence-corrected chi connectivity index (χ1v) is 8.38. The average Bonchev–Trinajstić information content (AvgIpc) is 2.68. The van der Waals surface area contributed by atoms with Crippen LogP contribution >= 0.6 is 0 Å². The van der Waals surface area contributed by atoms with Gasteiger partial charge in [-0.1, -0.05) is 73.8 Å². The van der Waals surface area contributed by atoms with Gasteiger partial charge in [0.1, 0.15) is 6.61 Å². The Bertz CT molecular complexity index is 749. The van der Waals surface area contributed by atoms with Crippen LogP contribution in [0.2, 0.25) is 0 Å². The predicted octanol–water partition coefficient (Wildman–Crippen LogP) is 4.06. The van der Waals surface area contributed by atoms with Crippen molar-refractivity contribution in [2.24, 2.45) is 4.99 Å². The second-order valence-corrected chi connectivity index (χ2v) is 5.62. The highest BCUT2D eigenvalue weighted by molar-refractivity contribution is 5.88. The minimum Gasteiger partial charge on any atom is -0.460 e. The molecule has 0 unspecified atom stereocenters. The summed E-state index contributed by atoms with van der Waals surface area (Å²) in [6.45, 7) is 8.58. The number of aliphatic imine (C=N–C) groups is 1. The zero-order chi connectivity index (χ0) is 18.6. The summed E-state index contributed by atoms with van der Waals surface area (Å²) >= 11 is 0. The largest absolute Gasteiger partial charge is 0.460 e. The summed E-state index contributed by atoms with van der Waals surface area (Å²) in [5.74, 6) is -0.457. The number of nitrogens with zero attached hydrogens (tertiary/aromatic N) is 1. The predicted molar refractivity (Wildman–Crippen MR) is 105 cm³/mol. The van der Waals surface area contributed by atoms with Gasteiger partial charge < -0.3 is 9.47 Å². The lowest BCUT2D eigenvalue weighted by Crippen LogP contribution is -2.13. The second-order valence-electron chi connectivity index (χ2n) is 5.62. The number of carbonyl (C=O) groups excluding carboxylic acids is 1. The molecular formula is C22H23NO3. The topological polar surface area (TPSA) is 47.9 Å². The second kappa shape index (κ2) is 10.8. The van der Waals surface area contributed by atoms with Gasteiger partial charge in [0.25, 0.3) is 0 Å². The van der Waals surface area contributed by atoms with Crippen LogP contribution in [-0.2, 0) is 20.9 Å². The molecule has 0 saturated heterocycles. The molecule has 0 saturated carbocycles. The number of hydrogen-bond donors (Lipinski definition) is 0. The van der Waals surface area contributed by atoms with Gasteiger partial charge in [0, 0.05) is 6.21 Å². The Morgan fingerprint density at radius 1 is 1.04 bits per heavy atom. The Kier molecular flexibility index (Phi) is 8.03. The molecular weight excluding hydrogens is 326 g/mol. The van der Waals surface area contributed by atoms with Gasteiger partial charge in [-0.3, -0.25) is 4.99 Å². The van der Waals surface area contributed by atoms with Gasteiger partial charge in [0.2, 0.25) is 0 Å². The zero-order valence-corrected chi connectivity index (χ0v) is 14.8. The van der Waals surface area contributed by atoms with Gasteiger partial charge in [0.05, 0.1) is 25.3 Å². The molecule has 0 aliphatic heterocycles. The van der Waals surface area contributed by atoms with Crippen molar-refractivity contribution >= 4 is 18.3 Å². The molecule has 0 aliphatic rings. The van der Waals surface area contributed by atoms with Crippen molar-refractivity contribution in [3.63, 3.8) is 0 Å². The molecule has 0 fully saturated rings. The highest BCUT2D eigenvalue weighted by Crippen LogP contribution is 2.07. The fourth-order valence-electron chi connectivity index (χ4n) is 2.10. The highest BCUT2D eigenvalue weighted by Gasteiger charge is 2.08. The first-order valence-electron chi connectivity index (χ1n) is 8.38. The minimum absolute atomic E-state index is 0.134. The number of esters is 1. The summed E-state index contributed by atoms with van der Waals surface area (Å²) in [5.41, 5.74) is 3.38. The Morgan fingerprint density at radius 3 is 2.46 bits per heavy atom. The molecule has 26 heavy (non-hydrogen) atoms. The van der Waals surface area contributed by atoms with E-state index in [4.69, 9.17) is 9.47 Å². The van der Waals surface area contributed by atoms with E-state index in [-0.39, 0.29) is 13.2 Å². The molecule has 134 valence electrons. The molecule has 0 atom stereocenters. The first kappa shape index (κ1) is 19.3. The normalized spacial score (nSPS) is 10.6. The number of carbonyl (C=O) groups is 1. The molecule has 2 rings (SSSR count). The molecule has 4 nitrogen and oxygen atoms in total. The molecule has 0 aliphatic carbocycles. The van der Waals surface area contributed by atoms with Gasteiger partial charge in [-0.2, -0.15) is 0 Å². The Balaban J connectivity index is 1.61. The minimum atomic E-state index is -0.457. The van der Waals surface area contributed by atoms with Crippen LogP contribution in [0.4, 0.5) is 0 Å². The Morgan fingerprint density at radius 2 is 1.77 bits per heavy atom. The van der Waals surface area contributed by atoms with Crippen LogP contribution in [0.3, 0.4) is 0 Å². The van der Waals surface area contributed by atoms with Crippen molar-refractivity contribution in [2.75, 3.05) is 19.8 Å². The zero-order valence-electron chi connectivity index (χ0n) is 14.8. The van der Waals surface area contributed by atoms with E-state index >= 15 is 0 Å². The molecule has 0 aromatic heterocycles. The van der Waals surface area contributed by atoms with E-state index in [2.05, 4.69) is 18.2 Å². The number of rotatable bonds is 10. The lowest BCUT2D eigenvalue weighted by molar-refractivity contribution is -0.139. The maximum Gasteiger partial charge on any atom is 0.335 e. The van der Waals surface area contributed by atoms with Crippen LogP contribution < -0.4 is 0 Å². The Labute approximate surface area is 154 Å². The van der Waals surface area contributed by atoms with Crippen molar-refractivity contribution in [3.8, 4) is 0 Å². The third-order valence-electron chi connectivity index (χ3n) is 3.54. The SMILES string of the molecule is C=Cc1ccc(COCC(=C)C(=O)OCCN=Cc2ccccc2)cc1. The van der Waals surface area contributed by atoms with Crippen LogP contribution in [0, 0.1) is 0 Å². The van der Waals surface area contributed by atoms with Crippen molar-refractivity contribution in [3.05, 3.63) is 90.0 Å². The number of ether oxygens (including phenoxy) is 2. The van der Waals surface area contributed by atoms with E-state index in [1.807, 2.05) is 54.6 Å². The van der Waals surface area contributed by atoms with Gasteiger partial charge in [-0.05, 0) is 16.7 Å². The fraction of sp³-hybridized carbons (Fsp3) is 0.182. The summed E-state index contributed by atoms with van der Waals surface area (Å²) < 4.78 is 10.6. The van der Waals surface area contributed by atoms with E-state index in [0.29, 0.717) is 18.7 Å². The molecule has 0 radical (unpaired) electrons. The summed E-state index contributed by atoms with van der Waals surface area (Å²) in [6, 6.07) is 17.6. The van der Waals surface area contributed by atoms with Crippen molar-refractivity contribution in [1.82, 2.24) is 0 Å². The van der Waals surface area contributed by atoms with Crippen LogP contribution in [0.1, 0.15) is 16.7 Å². The van der Waals surface area contributed by atoms with E-state index in [1.165, 1.54) is 0 Å². The lowest BCUT2D eigenvalue weighted by atomic mass is 10.1. The quantitative estimate of drug-likeness (QED) is 0.281. The fourth-order valence-corrected chi connectivity index (χ4v) is 2.10. The third kappa shape index (κ3) is 6.87. The molecule has 0 spiro atoms. The van der Waals surface area contributed by atoms with Gasteiger partial charge >= 0.3 is 5.97 Å². The molecule has 0 heterocycles. The van der Waals surface area contributed by atoms with Crippen LogP contribution in [-0.4, -0.2) is 31.9 Å². The summed E-state index contributed by atoms with van der Waals surface area (Å²) in [4.78, 5) is 16.1. The third-order valence-corrected chi connectivity index (χ3v) is 3.54. The summed E-state index contributed by atoms with van der Waals surface area (Å²) in [5, 5.41) is 0. The standard InChI is InChI=1S/C22H23NO3/c1-3-19-9-11-21(12-10-19)17-25-16-18(2)22(24)26-14-13-23-15-20-7-5-4-6-8-20/h3-12,15H,1-2,13-14,16-17H2. The van der Waals surface area contributed by atoms with Gasteiger partial charge in [-0.15, -0.1) is 0 Å². The smallest absolute Gasteiger partial charge is 0.335 e. The van der Waals surface area contributed by atoms with Gasteiger partial charge in [0.15, 0.2) is 0 Å². The maximum atomic E-state index is 11.8. The van der Waals surface area contributed by atoms with Crippen molar-refractivity contribution in [2.45, 2.75) is 6.61 Å². The summed E-state index contributed by atoms with van der Waals surface area (Å²) in [7, 11) is 0. The van der Waals surface area contributed by atoms with Gasteiger partial charge in [-0.25, -0.2) is 4.79 Å². The van der Waals surface area contributed by atoms with E-state index in [0.717, 1.165) is 16.7 Å². The maximum absolute atomic E-state index is 11.8. The lowest BCUT2D eigenvalue weighted by Gasteiger charge is -2.07. The molecule has 0 amide bonds. The van der Waals surface area contributed by atoms with E-state index in [9.17, 15) is 4.79 Å². The highest BCUT2D eigenvalue weighted by atomic mass is 16.5. The number of benzene rings is 2. The van der Waals surface area contributed by atoms with E-state index < -0.39 is 5.97 Å². The summed E-state index contributed by atoms with van der Waals surface area (Å²) in [6.07, 6.45) is 3.54. The van der Waals surface area contributed by atoms with E-state index in [1.54, 1.807) is 12.3 Å². The number of hydrogen-bond acceptors (Lipinski definition) is 4. The van der Waals surface area contributed by atoms with Crippen LogP contribution in [0.25, 0.3) is 6.08 Å². The molecule has 2 aromatic carbocycles. The monoisotopic (exact) mass is 349 g/mol. The van der Waals surface area contributed by atoms with Crippen molar-refractivity contribution in [1.29, 1.82) is 0 Å². The molecule has 2 aromatic rings. The molecule has 0 N–H and O–H groups in total.